The van der Waals surface area contributed by atoms with E-state index < -0.39 is 15.3 Å². The molecular weight excluding hydrogens is 288 g/mol. The molecule has 1 aromatic carbocycles. The zero-order chi connectivity index (χ0) is 15.1. The molecule has 1 atom stereocenters. The van der Waals surface area contributed by atoms with E-state index in [4.69, 9.17) is 5.73 Å². The Balaban J connectivity index is 1.62. The van der Waals surface area contributed by atoms with Crippen molar-refractivity contribution in [3.63, 3.8) is 0 Å². The van der Waals surface area contributed by atoms with E-state index in [2.05, 4.69) is 5.32 Å². The van der Waals surface area contributed by atoms with Crippen LogP contribution in [0.25, 0.3) is 0 Å². The summed E-state index contributed by atoms with van der Waals surface area (Å²) >= 11 is 0. The van der Waals surface area contributed by atoms with Crippen LogP contribution in [0.15, 0.2) is 24.3 Å². The zero-order valence-corrected chi connectivity index (χ0v) is 12.7. The number of rotatable bonds is 4. The Morgan fingerprint density at radius 2 is 1.95 bits per heavy atom. The molecule has 0 aromatic heterocycles. The summed E-state index contributed by atoms with van der Waals surface area (Å²) < 4.78 is 22.8. The highest BCUT2D eigenvalue weighted by Crippen LogP contribution is 2.48. The van der Waals surface area contributed by atoms with Crippen molar-refractivity contribution in [1.29, 1.82) is 0 Å². The lowest BCUT2D eigenvalue weighted by molar-refractivity contribution is -0.123. The molecule has 1 heterocycles. The van der Waals surface area contributed by atoms with Gasteiger partial charge in [0, 0.05) is 12.2 Å². The molecule has 1 aromatic rings. The van der Waals surface area contributed by atoms with E-state index in [9.17, 15) is 13.2 Å². The third-order valence-corrected chi connectivity index (χ3v) is 6.36. The number of carbonyl (C=O) groups is 1. The van der Waals surface area contributed by atoms with Crippen molar-refractivity contribution in [2.75, 3.05) is 23.8 Å². The fraction of sp³-hybridized carbons (Fsp3) is 0.533. The van der Waals surface area contributed by atoms with Gasteiger partial charge in [-0.2, -0.15) is 0 Å². The van der Waals surface area contributed by atoms with E-state index in [1.54, 1.807) is 0 Å². The van der Waals surface area contributed by atoms with Gasteiger partial charge >= 0.3 is 0 Å². The van der Waals surface area contributed by atoms with Gasteiger partial charge in [-0.05, 0) is 42.9 Å². The first-order valence-electron chi connectivity index (χ1n) is 7.26. The van der Waals surface area contributed by atoms with Crippen LogP contribution in [0.3, 0.4) is 0 Å². The number of hydrogen-bond donors (Lipinski definition) is 2. The van der Waals surface area contributed by atoms with E-state index in [0.29, 0.717) is 18.7 Å². The molecule has 0 bridgehead atoms. The molecule has 114 valence electrons. The van der Waals surface area contributed by atoms with Crippen LogP contribution in [0.1, 0.15) is 24.8 Å². The van der Waals surface area contributed by atoms with Crippen LogP contribution in [0, 0.1) is 5.92 Å². The van der Waals surface area contributed by atoms with Gasteiger partial charge in [-0.1, -0.05) is 12.1 Å². The molecule has 1 aliphatic carbocycles. The molecule has 21 heavy (non-hydrogen) atoms. The third kappa shape index (κ3) is 2.90. The van der Waals surface area contributed by atoms with E-state index >= 15 is 0 Å². The maximum atomic E-state index is 12.4. The van der Waals surface area contributed by atoms with E-state index in [1.807, 2.05) is 24.3 Å². The van der Waals surface area contributed by atoms with Crippen LogP contribution in [0.5, 0.6) is 0 Å². The minimum Gasteiger partial charge on any atom is -0.399 e. The quantitative estimate of drug-likeness (QED) is 0.807. The number of hydrogen-bond acceptors (Lipinski definition) is 4. The number of sulfone groups is 1. The summed E-state index contributed by atoms with van der Waals surface area (Å²) in [6, 6.07) is 7.43. The average Bonchev–Trinajstić information content (AvgIpc) is 3.17. The summed E-state index contributed by atoms with van der Waals surface area (Å²) in [5.74, 6) is 0.511. The highest BCUT2D eigenvalue weighted by atomic mass is 32.2. The Labute approximate surface area is 124 Å². The summed E-state index contributed by atoms with van der Waals surface area (Å²) in [7, 11) is -2.89. The third-order valence-electron chi connectivity index (χ3n) is 4.53. The second-order valence-electron chi connectivity index (χ2n) is 6.18. The minimum atomic E-state index is -2.89. The highest BCUT2D eigenvalue weighted by Gasteiger charge is 2.51. The molecule has 6 heteroatoms. The fourth-order valence-electron chi connectivity index (χ4n) is 3.01. The van der Waals surface area contributed by atoms with Crippen LogP contribution in [-0.2, 0) is 20.0 Å². The van der Waals surface area contributed by atoms with Crippen molar-refractivity contribution < 1.29 is 13.2 Å². The molecule has 0 radical (unpaired) electrons. The van der Waals surface area contributed by atoms with Gasteiger partial charge in [0.15, 0.2) is 9.84 Å². The number of amides is 1. The van der Waals surface area contributed by atoms with E-state index in [0.717, 1.165) is 18.4 Å². The summed E-state index contributed by atoms with van der Waals surface area (Å²) in [5, 5.41) is 2.94. The van der Waals surface area contributed by atoms with E-state index in [-0.39, 0.29) is 23.3 Å². The van der Waals surface area contributed by atoms with Crippen LogP contribution < -0.4 is 11.1 Å². The zero-order valence-electron chi connectivity index (χ0n) is 11.8. The predicted octanol–water partition coefficient (Wildman–Crippen LogP) is 0.851. The second-order valence-corrected chi connectivity index (χ2v) is 8.41. The highest BCUT2D eigenvalue weighted by molar-refractivity contribution is 7.91. The fourth-order valence-corrected chi connectivity index (χ4v) is 4.88. The first-order chi connectivity index (χ1) is 9.91. The molecule has 2 aliphatic rings. The van der Waals surface area contributed by atoms with Crippen molar-refractivity contribution in [2.45, 2.75) is 24.7 Å². The van der Waals surface area contributed by atoms with Gasteiger partial charge in [-0.25, -0.2) is 8.42 Å². The summed E-state index contributed by atoms with van der Waals surface area (Å²) in [6.45, 7) is 0.453. The summed E-state index contributed by atoms with van der Waals surface area (Å²) in [4.78, 5) is 12.4. The maximum Gasteiger partial charge on any atom is 0.230 e. The monoisotopic (exact) mass is 308 g/mol. The number of benzene rings is 1. The maximum absolute atomic E-state index is 12.4. The van der Waals surface area contributed by atoms with E-state index in [1.165, 1.54) is 0 Å². The van der Waals surface area contributed by atoms with Crippen LogP contribution >= 0.6 is 0 Å². The number of nitrogens with one attached hydrogen (secondary N) is 1. The van der Waals surface area contributed by atoms with Crippen molar-refractivity contribution in [1.82, 2.24) is 5.32 Å². The Kier molecular flexibility index (Phi) is 3.43. The van der Waals surface area contributed by atoms with Crippen LogP contribution in [-0.4, -0.2) is 32.4 Å². The average molecular weight is 308 g/mol. The van der Waals surface area contributed by atoms with Crippen molar-refractivity contribution >= 4 is 21.4 Å². The predicted molar refractivity (Wildman–Crippen MR) is 81.5 cm³/mol. The molecule has 1 amide bonds. The lowest BCUT2D eigenvalue weighted by Gasteiger charge is -2.17. The number of carbonyl (C=O) groups excluding carboxylic acids is 1. The molecule has 1 saturated heterocycles. The smallest absolute Gasteiger partial charge is 0.230 e. The lowest BCUT2D eigenvalue weighted by atomic mass is 9.94. The molecule has 2 fully saturated rings. The molecule has 0 spiro atoms. The van der Waals surface area contributed by atoms with Gasteiger partial charge in [0.25, 0.3) is 0 Å². The molecule has 1 saturated carbocycles. The molecule has 3 rings (SSSR count). The normalized spacial score (nSPS) is 25.4. The van der Waals surface area contributed by atoms with Crippen molar-refractivity contribution in [2.24, 2.45) is 5.92 Å². The Morgan fingerprint density at radius 1 is 1.29 bits per heavy atom. The molecule has 5 nitrogen and oxygen atoms in total. The first-order valence-corrected chi connectivity index (χ1v) is 9.08. The Bertz CT molecular complexity index is 648. The topological polar surface area (TPSA) is 89.3 Å². The van der Waals surface area contributed by atoms with Gasteiger partial charge in [-0.3, -0.25) is 4.79 Å². The number of anilines is 1. The number of nitrogen functional groups attached to an aromatic ring is 1. The Hall–Kier alpha value is -1.56. The van der Waals surface area contributed by atoms with Crippen molar-refractivity contribution in [3.05, 3.63) is 29.8 Å². The number of nitrogens with two attached hydrogens (primary N) is 1. The first kappa shape index (κ1) is 14.4. The van der Waals surface area contributed by atoms with Crippen molar-refractivity contribution in [3.8, 4) is 0 Å². The molecule has 1 aliphatic heterocycles. The Morgan fingerprint density at radius 3 is 2.48 bits per heavy atom. The minimum absolute atomic E-state index is 0.0107. The molecule has 3 N–H and O–H groups in total. The van der Waals surface area contributed by atoms with Gasteiger partial charge in [0.05, 0.1) is 16.9 Å². The molecule has 1 unspecified atom stereocenters. The van der Waals surface area contributed by atoms with Crippen LogP contribution in [0.4, 0.5) is 5.69 Å². The van der Waals surface area contributed by atoms with Gasteiger partial charge in [0.2, 0.25) is 5.91 Å². The molecular formula is C15H20N2O3S. The van der Waals surface area contributed by atoms with Crippen LogP contribution in [0.2, 0.25) is 0 Å². The standard InChI is InChI=1S/C15H20N2O3S/c16-13-3-1-12(2-4-13)15(6-7-15)14(18)17-9-11-5-8-21(19,20)10-11/h1-4,11H,5-10,16H2,(H,17,18). The second kappa shape index (κ2) is 5.02. The van der Waals surface area contributed by atoms with Gasteiger partial charge in [0.1, 0.15) is 0 Å². The summed E-state index contributed by atoms with van der Waals surface area (Å²) in [6.07, 6.45) is 2.33. The van der Waals surface area contributed by atoms with Gasteiger partial charge in [-0.15, -0.1) is 0 Å². The largest absolute Gasteiger partial charge is 0.399 e. The lowest BCUT2D eigenvalue weighted by Crippen LogP contribution is -2.37. The van der Waals surface area contributed by atoms with Gasteiger partial charge < -0.3 is 11.1 Å². The SMILES string of the molecule is Nc1ccc(C2(C(=O)NCC3CCS(=O)(=O)C3)CC2)cc1. The summed E-state index contributed by atoms with van der Waals surface area (Å²) in [5.41, 5.74) is 6.93.